The van der Waals surface area contributed by atoms with E-state index in [-0.39, 0.29) is 5.91 Å². The molecule has 5 nitrogen and oxygen atoms in total. The van der Waals surface area contributed by atoms with E-state index in [2.05, 4.69) is 56.4 Å². The minimum atomic E-state index is -0.0628. The number of nitrogens with zero attached hydrogens (tertiary/aromatic N) is 3. The first-order valence-electron chi connectivity index (χ1n) is 8.83. The number of rotatable bonds is 4. The molecular weight excluding hydrogens is 336 g/mol. The predicted octanol–water partition coefficient (Wildman–Crippen LogP) is 4.41. The maximum Gasteiger partial charge on any atom is 0.221 e. The van der Waals surface area contributed by atoms with E-state index in [1.807, 2.05) is 25.1 Å². The average Bonchev–Trinajstić information content (AvgIpc) is 3.04. The minimum absolute atomic E-state index is 0.0628. The topological polar surface area (TPSA) is 59.8 Å². The van der Waals surface area contributed by atoms with E-state index in [0.29, 0.717) is 0 Å². The third-order valence-electron chi connectivity index (χ3n) is 4.45. The second kappa shape index (κ2) is 7.03. The number of aromatic nitrogens is 3. The van der Waals surface area contributed by atoms with Crippen LogP contribution in [0.5, 0.6) is 0 Å². The Kier molecular flexibility index (Phi) is 4.42. The van der Waals surface area contributed by atoms with Gasteiger partial charge in [0.15, 0.2) is 0 Å². The van der Waals surface area contributed by atoms with Crippen LogP contribution in [0.1, 0.15) is 18.2 Å². The Balaban J connectivity index is 1.56. The highest BCUT2D eigenvalue weighted by atomic mass is 16.1. The van der Waals surface area contributed by atoms with Gasteiger partial charge in [0, 0.05) is 48.0 Å². The van der Waals surface area contributed by atoms with E-state index in [4.69, 9.17) is 0 Å². The minimum Gasteiger partial charge on any atom is -0.343 e. The number of hydrogen-bond acceptors (Lipinski definition) is 3. The van der Waals surface area contributed by atoms with E-state index in [1.165, 1.54) is 12.5 Å². The smallest absolute Gasteiger partial charge is 0.221 e. The van der Waals surface area contributed by atoms with Gasteiger partial charge >= 0.3 is 0 Å². The van der Waals surface area contributed by atoms with Crippen molar-refractivity contribution in [3.63, 3.8) is 0 Å². The van der Waals surface area contributed by atoms with Gasteiger partial charge in [-0.25, -0.2) is 4.98 Å². The highest BCUT2D eigenvalue weighted by Crippen LogP contribution is 2.23. The number of benzene rings is 2. The summed E-state index contributed by atoms with van der Waals surface area (Å²) in [6.45, 7) is 4.24. The van der Waals surface area contributed by atoms with Crippen LogP contribution in [0.3, 0.4) is 0 Å². The van der Waals surface area contributed by atoms with Crippen molar-refractivity contribution in [1.29, 1.82) is 0 Å². The molecule has 0 saturated heterocycles. The number of anilines is 1. The first-order chi connectivity index (χ1) is 13.1. The Labute approximate surface area is 157 Å². The lowest BCUT2D eigenvalue weighted by Crippen LogP contribution is -2.05. The number of amides is 1. The maximum absolute atomic E-state index is 11.2. The fraction of sp³-hybridized carbons (Fsp3) is 0.136. The molecule has 1 amide bonds. The standard InChI is InChI=1S/C22H20N4O/c1-15-12-23-13-21(24-15)18-5-3-17(4-6-18)14-26-10-9-19-11-20(25-16(2)27)7-8-22(19)26/h3-13H,14H2,1-2H3,(H,25,27). The van der Waals surface area contributed by atoms with Crippen LogP contribution in [0.2, 0.25) is 0 Å². The van der Waals surface area contributed by atoms with Crippen molar-refractivity contribution in [3.05, 3.63) is 78.4 Å². The molecule has 0 fully saturated rings. The molecule has 5 heteroatoms. The molecule has 0 spiro atoms. The molecule has 0 aliphatic carbocycles. The van der Waals surface area contributed by atoms with Gasteiger partial charge in [0.25, 0.3) is 0 Å². The molecule has 4 aromatic rings. The number of hydrogen-bond donors (Lipinski definition) is 1. The van der Waals surface area contributed by atoms with Crippen molar-refractivity contribution < 1.29 is 4.79 Å². The summed E-state index contributed by atoms with van der Waals surface area (Å²) in [4.78, 5) is 20.0. The molecular formula is C22H20N4O. The highest BCUT2D eigenvalue weighted by Gasteiger charge is 2.05. The van der Waals surface area contributed by atoms with Crippen LogP contribution in [-0.2, 0) is 11.3 Å². The first-order valence-corrected chi connectivity index (χ1v) is 8.83. The summed E-state index contributed by atoms with van der Waals surface area (Å²) in [5.41, 5.74) is 6.02. The van der Waals surface area contributed by atoms with Crippen molar-refractivity contribution in [1.82, 2.24) is 14.5 Å². The van der Waals surface area contributed by atoms with Gasteiger partial charge in [0.2, 0.25) is 5.91 Å². The van der Waals surface area contributed by atoms with Gasteiger partial charge in [-0.1, -0.05) is 24.3 Å². The normalized spacial score (nSPS) is 10.9. The largest absolute Gasteiger partial charge is 0.343 e. The van der Waals surface area contributed by atoms with Gasteiger partial charge in [-0.3, -0.25) is 9.78 Å². The molecule has 0 atom stereocenters. The molecule has 134 valence electrons. The van der Waals surface area contributed by atoms with Crippen molar-refractivity contribution in [3.8, 4) is 11.3 Å². The van der Waals surface area contributed by atoms with Crippen molar-refractivity contribution in [2.75, 3.05) is 5.32 Å². The zero-order chi connectivity index (χ0) is 18.8. The van der Waals surface area contributed by atoms with Crippen molar-refractivity contribution in [2.45, 2.75) is 20.4 Å². The Bertz CT molecular complexity index is 1110. The van der Waals surface area contributed by atoms with Crippen LogP contribution in [0.15, 0.2) is 67.1 Å². The number of carbonyl (C=O) groups excluding carboxylic acids is 1. The van der Waals surface area contributed by atoms with E-state index in [0.717, 1.165) is 40.1 Å². The molecule has 0 aliphatic rings. The van der Waals surface area contributed by atoms with Crippen LogP contribution in [0.25, 0.3) is 22.2 Å². The van der Waals surface area contributed by atoms with Gasteiger partial charge in [0.05, 0.1) is 17.6 Å². The maximum atomic E-state index is 11.2. The van der Waals surface area contributed by atoms with Crippen LogP contribution >= 0.6 is 0 Å². The molecule has 0 bridgehead atoms. The summed E-state index contributed by atoms with van der Waals surface area (Å²) in [6.07, 6.45) is 5.61. The molecule has 0 radical (unpaired) electrons. The summed E-state index contributed by atoms with van der Waals surface area (Å²) >= 11 is 0. The fourth-order valence-electron chi connectivity index (χ4n) is 3.20. The zero-order valence-corrected chi connectivity index (χ0v) is 15.3. The predicted molar refractivity (Wildman–Crippen MR) is 108 cm³/mol. The third-order valence-corrected chi connectivity index (χ3v) is 4.45. The van der Waals surface area contributed by atoms with Gasteiger partial charge in [0.1, 0.15) is 0 Å². The summed E-state index contributed by atoms with van der Waals surface area (Å²) in [5, 5.41) is 3.93. The van der Waals surface area contributed by atoms with E-state index < -0.39 is 0 Å². The number of nitrogens with one attached hydrogen (secondary N) is 1. The van der Waals surface area contributed by atoms with E-state index in [1.54, 1.807) is 12.4 Å². The lowest BCUT2D eigenvalue weighted by Gasteiger charge is -2.08. The van der Waals surface area contributed by atoms with Crippen LogP contribution in [0.4, 0.5) is 5.69 Å². The fourth-order valence-corrected chi connectivity index (χ4v) is 3.20. The van der Waals surface area contributed by atoms with Gasteiger partial charge < -0.3 is 9.88 Å². The van der Waals surface area contributed by atoms with Crippen molar-refractivity contribution in [2.24, 2.45) is 0 Å². The Morgan fingerprint density at radius 1 is 1.07 bits per heavy atom. The molecule has 0 aliphatic heterocycles. The van der Waals surface area contributed by atoms with Gasteiger partial charge in [-0.2, -0.15) is 0 Å². The molecule has 4 rings (SSSR count). The highest BCUT2D eigenvalue weighted by molar-refractivity contribution is 5.92. The zero-order valence-electron chi connectivity index (χ0n) is 15.3. The summed E-state index contributed by atoms with van der Waals surface area (Å²) in [7, 11) is 0. The van der Waals surface area contributed by atoms with E-state index >= 15 is 0 Å². The van der Waals surface area contributed by atoms with E-state index in [9.17, 15) is 4.79 Å². The lowest BCUT2D eigenvalue weighted by atomic mass is 10.1. The second-order valence-electron chi connectivity index (χ2n) is 6.64. The van der Waals surface area contributed by atoms with Gasteiger partial charge in [-0.15, -0.1) is 0 Å². The second-order valence-corrected chi connectivity index (χ2v) is 6.64. The van der Waals surface area contributed by atoms with Crippen LogP contribution in [0, 0.1) is 6.92 Å². The molecule has 27 heavy (non-hydrogen) atoms. The SMILES string of the molecule is CC(=O)Nc1ccc2c(ccn2Cc2ccc(-c3cncc(C)n3)cc2)c1. The van der Waals surface area contributed by atoms with Crippen LogP contribution in [-0.4, -0.2) is 20.4 Å². The molecule has 2 aromatic heterocycles. The molecule has 2 aromatic carbocycles. The quantitative estimate of drug-likeness (QED) is 0.589. The molecule has 2 heterocycles. The monoisotopic (exact) mass is 356 g/mol. The Morgan fingerprint density at radius 3 is 2.63 bits per heavy atom. The first kappa shape index (κ1) is 17.0. The number of fused-ring (bicyclic) bond motifs is 1. The molecule has 0 unspecified atom stereocenters. The average molecular weight is 356 g/mol. The van der Waals surface area contributed by atoms with Crippen molar-refractivity contribution >= 4 is 22.5 Å². The summed E-state index contributed by atoms with van der Waals surface area (Å²) in [6, 6.07) is 16.4. The Morgan fingerprint density at radius 2 is 1.89 bits per heavy atom. The third kappa shape index (κ3) is 3.72. The number of carbonyl (C=O) groups is 1. The summed E-state index contributed by atoms with van der Waals surface area (Å²) < 4.78 is 2.20. The molecule has 1 N–H and O–H groups in total. The summed E-state index contributed by atoms with van der Waals surface area (Å²) in [5.74, 6) is -0.0628. The molecule has 0 saturated carbocycles. The number of aryl methyl sites for hydroxylation is 1. The van der Waals surface area contributed by atoms with Crippen LogP contribution < -0.4 is 5.32 Å². The lowest BCUT2D eigenvalue weighted by molar-refractivity contribution is -0.114. The van der Waals surface area contributed by atoms with Gasteiger partial charge in [-0.05, 0) is 36.8 Å². The Hall–Kier alpha value is -3.47.